The highest BCUT2D eigenvalue weighted by Crippen LogP contribution is 2.32. The van der Waals surface area contributed by atoms with E-state index in [0.29, 0.717) is 6.04 Å². The van der Waals surface area contributed by atoms with Crippen LogP contribution in [0.15, 0.2) is 18.5 Å². The topological polar surface area (TPSA) is 53.4 Å². The van der Waals surface area contributed by atoms with Crippen molar-refractivity contribution in [1.29, 1.82) is 0 Å². The van der Waals surface area contributed by atoms with E-state index in [9.17, 15) is 4.79 Å². The minimum absolute atomic E-state index is 0.0789. The molecule has 0 spiro atoms. The smallest absolute Gasteiger partial charge is 0.323 e. The number of aliphatic carboxylic acids is 1. The van der Waals surface area contributed by atoms with Crippen LogP contribution >= 0.6 is 0 Å². The Labute approximate surface area is 88.6 Å². The highest BCUT2D eigenvalue weighted by Gasteiger charge is 2.31. The van der Waals surface area contributed by atoms with Gasteiger partial charge in [-0.25, -0.2) is 0 Å². The normalized spacial score (nSPS) is 15.0. The summed E-state index contributed by atoms with van der Waals surface area (Å²) in [4.78, 5) is 16.7. The quantitative estimate of drug-likeness (QED) is 0.810. The first-order chi connectivity index (χ1) is 7.18. The zero-order valence-electron chi connectivity index (χ0n) is 8.68. The fourth-order valence-corrected chi connectivity index (χ4v) is 1.73. The Bertz CT molecular complexity index is 375. The molecule has 1 aliphatic carbocycles. The van der Waals surface area contributed by atoms with E-state index < -0.39 is 5.97 Å². The largest absolute Gasteiger partial charge is 0.480 e. The molecule has 0 bridgehead atoms. The molecule has 1 heterocycles. The maximum Gasteiger partial charge on any atom is 0.323 e. The Kier molecular flexibility index (Phi) is 2.58. The molecule has 1 saturated carbocycles. The van der Waals surface area contributed by atoms with Crippen LogP contribution in [0.5, 0.6) is 0 Å². The molecule has 15 heavy (non-hydrogen) atoms. The highest BCUT2D eigenvalue weighted by molar-refractivity contribution is 5.74. The van der Waals surface area contributed by atoms with Crippen molar-refractivity contribution in [2.45, 2.75) is 25.8 Å². The van der Waals surface area contributed by atoms with E-state index in [2.05, 4.69) is 4.98 Å². The average molecular weight is 206 g/mol. The van der Waals surface area contributed by atoms with Crippen molar-refractivity contribution in [1.82, 2.24) is 4.98 Å². The van der Waals surface area contributed by atoms with Gasteiger partial charge in [-0.1, -0.05) is 0 Å². The zero-order chi connectivity index (χ0) is 10.8. The van der Waals surface area contributed by atoms with Gasteiger partial charge >= 0.3 is 5.97 Å². The van der Waals surface area contributed by atoms with Crippen molar-refractivity contribution in [3.8, 4) is 0 Å². The molecule has 2 rings (SSSR count). The van der Waals surface area contributed by atoms with Crippen molar-refractivity contribution in [3.05, 3.63) is 24.0 Å². The molecule has 1 aliphatic rings. The van der Waals surface area contributed by atoms with E-state index in [1.54, 1.807) is 12.4 Å². The number of carbonyl (C=O) groups is 1. The van der Waals surface area contributed by atoms with Crippen LogP contribution in [0, 0.1) is 6.92 Å². The number of aryl methyl sites for hydroxylation is 1. The molecule has 0 amide bonds. The number of aromatic nitrogens is 1. The molecule has 4 nitrogen and oxygen atoms in total. The van der Waals surface area contributed by atoms with Crippen LogP contribution in [0.25, 0.3) is 0 Å². The Morgan fingerprint density at radius 1 is 1.67 bits per heavy atom. The van der Waals surface area contributed by atoms with Crippen LogP contribution in [-0.2, 0) is 4.79 Å². The molecular formula is C11H14N2O2. The van der Waals surface area contributed by atoms with Gasteiger partial charge in [-0.2, -0.15) is 0 Å². The lowest BCUT2D eigenvalue weighted by molar-refractivity contribution is -0.135. The van der Waals surface area contributed by atoms with Gasteiger partial charge in [0.2, 0.25) is 0 Å². The zero-order valence-corrected chi connectivity index (χ0v) is 8.68. The number of hydrogen-bond donors (Lipinski definition) is 1. The number of hydrogen-bond acceptors (Lipinski definition) is 3. The van der Waals surface area contributed by atoms with Gasteiger partial charge in [0.15, 0.2) is 0 Å². The molecule has 1 aromatic heterocycles. The highest BCUT2D eigenvalue weighted by atomic mass is 16.4. The molecule has 4 heteroatoms. The van der Waals surface area contributed by atoms with E-state index in [0.717, 1.165) is 24.1 Å². The first-order valence-electron chi connectivity index (χ1n) is 5.07. The monoisotopic (exact) mass is 206 g/mol. The lowest BCUT2D eigenvalue weighted by Crippen LogP contribution is -2.32. The summed E-state index contributed by atoms with van der Waals surface area (Å²) in [5.41, 5.74) is 2.03. The Morgan fingerprint density at radius 2 is 2.40 bits per heavy atom. The molecule has 0 radical (unpaired) electrons. The number of nitrogens with zero attached hydrogens (tertiary/aromatic N) is 2. The second-order valence-electron chi connectivity index (χ2n) is 3.91. The van der Waals surface area contributed by atoms with E-state index in [4.69, 9.17) is 5.11 Å². The lowest BCUT2D eigenvalue weighted by Gasteiger charge is -2.23. The molecule has 0 atom stereocenters. The minimum Gasteiger partial charge on any atom is -0.480 e. The third-order valence-corrected chi connectivity index (χ3v) is 2.59. The molecule has 1 N–H and O–H groups in total. The second kappa shape index (κ2) is 3.88. The van der Waals surface area contributed by atoms with Gasteiger partial charge in [-0.3, -0.25) is 9.78 Å². The maximum absolute atomic E-state index is 10.8. The first-order valence-corrected chi connectivity index (χ1v) is 5.07. The fourth-order valence-electron chi connectivity index (χ4n) is 1.73. The summed E-state index contributed by atoms with van der Waals surface area (Å²) in [7, 11) is 0. The molecule has 80 valence electrons. The number of carboxylic acid groups (broad SMARTS) is 1. The van der Waals surface area contributed by atoms with E-state index >= 15 is 0 Å². The van der Waals surface area contributed by atoms with Gasteiger partial charge in [-0.15, -0.1) is 0 Å². The van der Waals surface area contributed by atoms with Gasteiger partial charge < -0.3 is 10.0 Å². The summed E-state index contributed by atoms with van der Waals surface area (Å²) in [5.74, 6) is -0.780. The predicted octanol–water partition coefficient (Wildman–Crippen LogP) is 1.44. The van der Waals surface area contributed by atoms with Gasteiger partial charge in [-0.05, 0) is 31.4 Å². The van der Waals surface area contributed by atoms with Crippen LogP contribution in [0.4, 0.5) is 5.69 Å². The predicted molar refractivity (Wildman–Crippen MR) is 57.0 cm³/mol. The van der Waals surface area contributed by atoms with Crippen molar-refractivity contribution in [2.24, 2.45) is 0 Å². The van der Waals surface area contributed by atoms with Crippen LogP contribution in [0.2, 0.25) is 0 Å². The third kappa shape index (κ3) is 2.26. The van der Waals surface area contributed by atoms with E-state index in [-0.39, 0.29) is 6.54 Å². The maximum atomic E-state index is 10.8. The van der Waals surface area contributed by atoms with Crippen LogP contribution in [0.3, 0.4) is 0 Å². The number of pyridine rings is 1. The molecule has 0 saturated heterocycles. The minimum atomic E-state index is -0.780. The Morgan fingerprint density at radius 3 is 2.93 bits per heavy atom. The number of rotatable bonds is 4. The number of carboxylic acids is 1. The molecule has 1 fully saturated rings. The summed E-state index contributed by atoms with van der Waals surface area (Å²) < 4.78 is 0. The molecule has 0 aromatic carbocycles. The number of anilines is 1. The third-order valence-electron chi connectivity index (χ3n) is 2.59. The summed E-state index contributed by atoms with van der Waals surface area (Å²) in [6.07, 6.45) is 5.66. The molecule has 0 aliphatic heterocycles. The first kappa shape index (κ1) is 9.96. The van der Waals surface area contributed by atoms with Gasteiger partial charge in [0.1, 0.15) is 6.54 Å². The summed E-state index contributed by atoms with van der Waals surface area (Å²) in [6.45, 7) is 2.04. The van der Waals surface area contributed by atoms with Crippen LogP contribution in [0.1, 0.15) is 18.4 Å². The second-order valence-corrected chi connectivity index (χ2v) is 3.91. The van der Waals surface area contributed by atoms with Gasteiger partial charge in [0.05, 0.1) is 0 Å². The van der Waals surface area contributed by atoms with Crippen molar-refractivity contribution >= 4 is 11.7 Å². The lowest BCUT2D eigenvalue weighted by atomic mass is 10.2. The summed E-state index contributed by atoms with van der Waals surface area (Å²) in [6, 6.07) is 2.29. The van der Waals surface area contributed by atoms with Crippen molar-refractivity contribution in [2.75, 3.05) is 11.4 Å². The summed E-state index contributed by atoms with van der Waals surface area (Å²) in [5, 5.41) is 8.86. The van der Waals surface area contributed by atoms with Gasteiger partial charge in [0.25, 0.3) is 0 Å². The van der Waals surface area contributed by atoms with Crippen LogP contribution < -0.4 is 4.90 Å². The average Bonchev–Trinajstić information content (AvgIpc) is 2.98. The SMILES string of the molecule is Cc1cnccc1N(CC(=O)O)C1CC1. The van der Waals surface area contributed by atoms with Crippen molar-refractivity contribution in [3.63, 3.8) is 0 Å². The Hall–Kier alpha value is -1.58. The molecule has 1 aromatic rings. The van der Waals surface area contributed by atoms with E-state index in [1.807, 2.05) is 17.9 Å². The van der Waals surface area contributed by atoms with Gasteiger partial charge in [0, 0.05) is 24.1 Å². The Balaban J connectivity index is 2.24. The summed E-state index contributed by atoms with van der Waals surface area (Å²) >= 11 is 0. The molecule has 0 unspecified atom stereocenters. The van der Waals surface area contributed by atoms with Crippen LogP contribution in [-0.4, -0.2) is 28.6 Å². The van der Waals surface area contributed by atoms with E-state index in [1.165, 1.54) is 0 Å². The molecular weight excluding hydrogens is 192 g/mol. The standard InChI is InChI=1S/C11H14N2O2/c1-8-6-12-5-4-10(8)13(7-11(14)15)9-2-3-9/h4-6,9H,2-3,7H2,1H3,(H,14,15). The fraction of sp³-hybridized carbons (Fsp3) is 0.455. The van der Waals surface area contributed by atoms with Crippen molar-refractivity contribution < 1.29 is 9.90 Å².